The predicted octanol–water partition coefficient (Wildman–Crippen LogP) is 4.23. The lowest BCUT2D eigenvalue weighted by molar-refractivity contribution is -0.200. The zero-order valence-electron chi connectivity index (χ0n) is 24.6. The number of alkyl carbamates (subject to hydrolysis) is 1. The lowest BCUT2D eigenvalue weighted by atomic mass is 9.46. The second-order valence-electron chi connectivity index (χ2n) is 13.2. The van der Waals surface area contributed by atoms with Crippen molar-refractivity contribution in [3.8, 4) is 0 Å². The summed E-state index contributed by atoms with van der Waals surface area (Å²) >= 11 is 0. The average molecular weight is 579 g/mol. The molecule has 4 fully saturated rings. The number of aliphatic hydroxyl groups is 1. The van der Waals surface area contributed by atoms with Crippen LogP contribution in [0.15, 0.2) is 48.1 Å². The van der Waals surface area contributed by atoms with Gasteiger partial charge in [-0.2, -0.15) is 0 Å². The van der Waals surface area contributed by atoms with Gasteiger partial charge >= 0.3 is 6.09 Å². The average Bonchev–Trinajstić information content (AvgIpc) is 3.43. The number of hydrogen-bond acceptors (Lipinski definition) is 8. The van der Waals surface area contributed by atoms with E-state index >= 15 is 0 Å². The van der Waals surface area contributed by atoms with Crippen LogP contribution in [0.5, 0.6) is 0 Å². The zero-order chi connectivity index (χ0) is 29.9. The van der Waals surface area contributed by atoms with Gasteiger partial charge in [0.15, 0.2) is 24.3 Å². The molecule has 1 amide bonds. The van der Waals surface area contributed by atoms with E-state index in [1.54, 1.807) is 24.3 Å². The van der Waals surface area contributed by atoms with Gasteiger partial charge < -0.3 is 30.4 Å². The molecule has 1 aromatic carbocycles. The molecule has 1 unspecified atom stereocenters. The second kappa shape index (κ2) is 10.6. The topological polar surface area (TPSA) is 137 Å². The SMILES string of the molecule is CCCC1O[C@@H]2C[C@H]3[C@@H]4CCC5=CC(=O)C=C[C@]5(C)[C@H]4[C@@H](O)C[C@]3(C)[C@]2(C(=O)COC(=O)NCc2ccc(N)cc2)O1. The molecule has 226 valence electrons. The highest BCUT2D eigenvalue weighted by molar-refractivity contribution is 6.01. The fraction of sp³-hybridized carbons (Fsp3) is 0.606. The molecule has 42 heavy (non-hydrogen) atoms. The second-order valence-corrected chi connectivity index (χ2v) is 13.2. The fourth-order valence-corrected chi connectivity index (χ4v) is 9.10. The Labute approximate surface area is 246 Å². The molecule has 1 aliphatic heterocycles. The van der Waals surface area contributed by atoms with Crippen LogP contribution in [0.3, 0.4) is 0 Å². The first-order chi connectivity index (χ1) is 20.0. The summed E-state index contributed by atoms with van der Waals surface area (Å²) in [7, 11) is 0. The van der Waals surface area contributed by atoms with Crippen molar-refractivity contribution < 1.29 is 33.7 Å². The molecular formula is C33H42N2O7. The molecule has 4 aliphatic carbocycles. The van der Waals surface area contributed by atoms with E-state index in [4.69, 9.17) is 19.9 Å². The number of anilines is 1. The van der Waals surface area contributed by atoms with E-state index < -0.39 is 47.6 Å². The number of ketones is 2. The van der Waals surface area contributed by atoms with Crippen molar-refractivity contribution in [1.82, 2.24) is 5.32 Å². The number of carbonyl (C=O) groups is 3. The maximum Gasteiger partial charge on any atom is 0.407 e. The molecular weight excluding hydrogens is 536 g/mol. The zero-order valence-corrected chi connectivity index (χ0v) is 24.6. The van der Waals surface area contributed by atoms with Crippen LogP contribution in [0, 0.1) is 28.6 Å². The van der Waals surface area contributed by atoms with Gasteiger partial charge in [-0.25, -0.2) is 4.79 Å². The Morgan fingerprint density at radius 3 is 2.71 bits per heavy atom. The van der Waals surface area contributed by atoms with Gasteiger partial charge in [0.2, 0.25) is 5.78 Å². The van der Waals surface area contributed by atoms with Crippen LogP contribution in [-0.4, -0.2) is 53.5 Å². The van der Waals surface area contributed by atoms with Crippen LogP contribution in [0.4, 0.5) is 10.5 Å². The Balaban J connectivity index is 1.23. The third kappa shape index (κ3) is 4.43. The number of ether oxygens (including phenoxy) is 3. The van der Waals surface area contributed by atoms with Crippen molar-refractivity contribution in [2.45, 2.75) is 89.9 Å². The molecule has 9 nitrogen and oxygen atoms in total. The van der Waals surface area contributed by atoms with Crippen molar-refractivity contribution in [3.63, 3.8) is 0 Å². The number of nitrogens with two attached hydrogens (primary N) is 1. The molecule has 6 rings (SSSR count). The quantitative estimate of drug-likeness (QED) is 0.409. The summed E-state index contributed by atoms with van der Waals surface area (Å²) in [5, 5.41) is 14.5. The summed E-state index contributed by atoms with van der Waals surface area (Å²) in [5.74, 6) is -0.221. The van der Waals surface area contributed by atoms with E-state index in [9.17, 15) is 19.5 Å². The maximum atomic E-state index is 14.2. The maximum absolute atomic E-state index is 14.2. The van der Waals surface area contributed by atoms with E-state index in [-0.39, 0.29) is 35.9 Å². The number of fused-ring (bicyclic) bond motifs is 7. The van der Waals surface area contributed by atoms with E-state index in [1.807, 2.05) is 25.1 Å². The number of nitrogens with one attached hydrogen (secondary N) is 1. The molecule has 0 bridgehead atoms. The Bertz CT molecular complexity index is 1320. The molecule has 1 saturated heterocycles. The van der Waals surface area contributed by atoms with Crippen molar-refractivity contribution >= 4 is 23.3 Å². The first-order valence-corrected chi connectivity index (χ1v) is 15.3. The van der Waals surface area contributed by atoms with E-state index in [1.165, 1.54) is 0 Å². The van der Waals surface area contributed by atoms with Gasteiger partial charge in [-0.1, -0.05) is 51.0 Å². The molecule has 9 atom stereocenters. The van der Waals surface area contributed by atoms with E-state index in [0.717, 1.165) is 30.4 Å². The Kier molecular flexibility index (Phi) is 7.35. The van der Waals surface area contributed by atoms with Crippen LogP contribution in [0.25, 0.3) is 0 Å². The van der Waals surface area contributed by atoms with Gasteiger partial charge in [0.25, 0.3) is 0 Å². The number of amides is 1. The number of hydrogen-bond donors (Lipinski definition) is 3. The number of rotatable bonds is 7. The normalized spacial score (nSPS) is 39.9. The minimum Gasteiger partial charge on any atom is -0.441 e. The van der Waals surface area contributed by atoms with Gasteiger partial charge in [0, 0.05) is 29.0 Å². The number of allylic oxidation sites excluding steroid dienone is 4. The van der Waals surface area contributed by atoms with Gasteiger partial charge in [-0.3, -0.25) is 9.59 Å². The summed E-state index contributed by atoms with van der Waals surface area (Å²) < 4.78 is 18.5. The standard InChI is InChI=1S/C33H42N2O7/c1-4-5-28-41-27-15-24-23-11-8-20-14-22(36)12-13-31(20,2)29(23)25(37)16-32(24,3)33(27,42-28)26(38)18-40-30(39)35-17-19-6-9-21(34)10-7-19/h6-7,9-10,12-14,23-25,27-29,37H,4-5,8,11,15-18,34H2,1-3H3,(H,35,39)/t23-,24-,25-,27+,28?,29+,31-,32-,33+/m0/s1. The van der Waals surface area contributed by atoms with Crippen LogP contribution >= 0.6 is 0 Å². The van der Waals surface area contributed by atoms with E-state index in [2.05, 4.69) is 19.2 Å². The summed E-state index contributed by atoms with van der Waals surface area (Å²) in [5.41, 5.74) is 5.85. The largest absolute Gasteiger partial charge is 0.441 e. The smallest absolute Gasteiger partial charge is 0.407 e. The van der Waals surface area contributed by atoms with Gasteiger partial charge in [0.05, 0.1) is 12.2 Å². The molecule has 0 aromatic heterocycles. The number of nitrogen functional groups attached to an aromatic ring is 1. The molecule has 3 saturated carbocycles. The van der Waals surface area contributed by atoms with Gasteiger partial charge in [-0.05, 0) is 73.8 Å². The monoisotopic (exact) mass is 578 g/mol. The lowest BCUT2D eigenvalue weighted by Gasteiger charge is -2.59. The van der Waals surface area contributed by atoms with Crippen molar-refractivity contribution in [1.29, 1.82) is 0 Å². The summed E-state index contributed by atoms with van der Waals surface area (Å²) in [6, 6.07) is 7.13. The minimum atomic E-state index is -1.32. The molecule has 5 aliphatic rings. The third-order valence-corrected chi connectivity index (χ3v) is 11.0. The highest BCUT2D eigenvalue weighted by Gasteiger charge is 2.75. The number of carbonyl (C=O) groups excluding carboxylic acids is 3. The van der Waals surface area contributed by atoms with Gasteiger partial charge in [-0.15, -0.1) is 0 Å². The van der Waals surface area contributed by atoms with Crippen molar-refractivity contribution in [2.24, 2.45) is 28.6 Å². The first-order valence-electron chi connectivity index (χ1n) is 15.3. The highest BCUT2D eigenvalue weighted by Crippen LogP contribution is 2.69. The predicted molar refractivity (Wildman–Crippen MR) is 155 cm³/mol. The summed E-state index contributed by atoms with van der Waals surface area (Å²) in [6.07, 6.45) is 6.99. The highest BCUT2D eigenvalue weighted by atomic mass is 16.7. The van der Waals surface area contributed by atoms with E-state index in [0.29, 0.717) is 24.9 Å². The minimum absolute atomic E-state index is 0.00252. The fourth-order valence-electron chi connectivity index (χ4n) is 9.10. The van der Waals surface area contributed by atoms with Crippen LogP contribution in [0.1, 0.15) is 64.9 Å². The van der Waals surface area contributed by atoms with Crippen molar-refractivity contribution in [3.05, 3.63) is 53.6 Å². The number of aliphatic hydroxyl groups excluding tert-OH is 1. The van der Waals surface area contributed by atoms with Crippen LogP contribution in [-0.2, 0) is 30.3 Å². The first kappa shape index (κ1) is 29.1. The van der Waals surface area contributed by atoms with Crippen LogP contribution < -0.4 is 11.1 Å². The number of benzene rings is 1. The number of Topliss-reactive ketones (excluding diaryl/α,β-unsaturated/α-hetero) is 1. The van der Waals surface area contributed by atoms with Crippen molar-refractivity contribution in [2.75, 3.05) is 12.3 Å². The van der Waals surface area contributed by atoms with Crippen LogP contribution in [0.2, 0.25) is 0 Å². The molecule has 4 N–H and O–H groups in total. The van der Waals surface area contributed by atoms with Gasteiger partial charge in [0.1, 0.15) is 0 Å². The Morgan fingerprint density at radius 1 is 1.21 bits per heavy atom. The molecule has 0 radical (unpaired) electrons. The molecule has 1 heterocycles. The Morgan fingerprint density at radius 2 is 1.98 bits per heavy atom. The molecule has 9 heteroatoms. The summed E-state index contributed by atoms with van der Waals surface area (Å²) in [6.45, 7) is 6.02. The molecule has 0 spiro atoms. The third-order valence-electron chi connectivity index (χ3n) is 11.0. The Hall–Kier alpha value is -3.01. The summed E-state index contributed by atoms with van der Waals surface area (Å²) in [4.78, 5) is 39.0. The lowest BCUT2D eigenvalue weighted by Crippen LogP contribution is -2.63. The molecule has 1 aromatic rings.